The smallest absolute Gasteiger partial charge is 0.00230 e. The molecule has 0 fully saturated rings. The van der Waals surface area contributed by atoms with Gasteiger partial charge in [-0.1, -0.05) is 54.6 Å². The summed E-state index contributed by atoms with van der Waals surface area (Å²) in [5.41, 5.74) is 4.10. The van der Waals surface area contributed by atoms with Crippen LogP contribution in [0.1, 0.15) is 16.7 Å². The molecule has 2 rings (SSSR count). The molecule has 2 aromatic carbocycles. The van der Waals surface area contributed by atoms with E-state index in [4.69, 9.17) is 0 Å². The average Bonchev–Trinajstić information content (AvgIpc) is 2.31. The quantitative estimate of drug-likeness (QED) is 0.701. The summed E-state index contributed by atoms with van der Waals surface area (Å²) in [5.74, 6) is 0. The van der Waals surface area contributed by atoms with Crippen LogP contribution in [0.3, 0.4) is 0 Å². The minimum atomic E-state index is 0.864. The zero-order chi connectivity index (χ0) is 10.5. The topological polar surface area (TPSA) is 0 Å². The fourth-order valence-electron chi connectivity index (χ4n) is 1.79. The van der Waals surface area contributed by atoms with Gasteiger partial charge in [0, 0.05) is 0 Å². The molecule has 0 amide bonds. The van der Waals surface area contributed by atoms with Crippen molar-refractivity contribution in [2.24, 2.45) is 0 Å². The summed E-state index contributed by atoms with van der Waals surface area (Å²) >= 11 is 0. The van der Waals surface area contributed by atoms with E-state index in [1.807, 2.05) is 0 Å². The second-order valence-electron chi connectivity index (χ2n) is 3.68. The lowest BCUT2D eigenvalue weighted by Crippen LogP contribution is -1.93. The minimum absolute atomic E-state index is 0.864. The highest BCUT2D eigenvalue weighted by Crippen LogP contribution is 2.14. The lowest BCUT2D eigenvalue weighted by Gasteiger charge is -2.07. The first-order valence-electron chi connectivity index (χ1n) is 5.30. The first-order chi connectivity index (χ1) is 7.40. The molecule has 0 aliphatic rings. The predicted octanol–water partition coefficient (Wildman–Crippen LogP) is 3.65. The third-order valence-corrected chi connectivity index (χ3v) is 2.63. The molecular weight excluding hydrogens is 180 g/mol. The molecular formula is C15H15. The zero-order valence-electron chi connectivity index (χ0n) is 8.82. The monoisotopic (exact) mass is 195 g/mol. The van der Waals surface area contributed by atoms with Gasteiger partial charge in [-0.25, -0.2) is 0 Å². The molecule has 0 saturated heterocycles. The van der Waals surface area contributed by atoms with Crippen LogP contribution in [0.15, 0.2) is 54.6 Å². The number of hydrogen-bond acceptors (Lipinski definition) is 0. The maximum atomic E-state index is 3.96. The van der Waals surface area contributed by atoms with Crippen molar-refractivity contribution in [1.29, 1.82) is 0 Å². The van der Waals surface area contributed by atoms with E-state index in [1.54, 1.807) is 0 Å². The van der Waals surface area contributed by atoms with Crippen molar-refractivity contribution in [2.45, 2.75) is 12.8 Å². The van der Waals surface area contributed by atoms with Crippen molar-refractivity contribution >= 4 is 0 Å². The van der Waals surface area contributed by atoms with Gasteiger partial charge in [0.1, 0.15) is 0 Å². The van der Waals surface area contributed by atoms with Gasteiger partial charge in [0.05, 0.1) is 0 Å². The molecule has 0 aliphatic carbocycles. The van der Waals surface area contributed by atoms with Crippen molar-refractivity contribution in [3.63, 3.8) is 0 Å². The molecule has 0 unspecified atom stereocenters. The first kappa shape index (κ1) is 9.97. The molecule has 0 nitrogen and oxygen atoms in total. The molecule has 0 N–H and O–H groups in total. The van der Waals surface area contributed by atoms with E-state index < -0.39 is 0 Å². The summed E-state index contributed by atoms with van der Waals surface area (Å²) < 4.78 is 0. The molecule has 0 aromatic heterocycles. The number of rotatable bonds is 3. The highest BCUT2D eigenvalue weighted by molar-refractivity contribution is 5.33. The van der Waals surface area contributed by atoms with Crippen LogP contribution in [0, 0.1) is 6.92 Å². The van der Waals surface area contributed by atoms with Gasteiger partial charge in [-0.15, -0.1) is 0 Å². The summed E-state index contributed by atoms with van der Waals surface area (Å²) in [6, 6.07) is 19.1. The molecule has 0 heteroatoms. The Hall–Kier alpha value is -1.56. The Bertz CT molecular complexity index is 415. The Balaban J connectivity index is 2.24. The largest absolute Gasteiger partial charge is 0.0622 e. The van der Waals surface area contributed by atoms with Gasteiger partial charge in [0.2, 0.25) is 0 Å². The highest BCUT2D eigenvalue weighted by atomic mass is 14.0. The Morgan fingerprint density at radius 1 is 0.733 bits per heavy atom. The van der Waals surface area contributed by atoms with Crippen molar-refractivity contribution in [2.75, 3.05) is 0 Å². The van der Waals surface area contributed by atoms with Crippen LogP contribution >= 0.6 is 0 Å². The second-order valence-corrected chi connectivity index (χ2v) is 3.68. The van der Waals surface area contributed by atoms with Crippen LogP contribution in [0.5, 0.6) is 0 Å². The van der Waals surface area contributed by atoms with Gasteiger partial charge < -0.3 is 0 Å². The fourth-order valence-corrected chi connectivity index (χ4v) is 1.79. The van der Waals surface area contributed by atoms with Crippen molar-refractivity contribution in [3.8, 4) is 0 Å². The van der Waals surface area contributed by atoms with Crippen molar-refractivity contribution in [1.82, 2.24) is 0 Å². The summed E-state index contributed by atoms with van der Waals surface area (Å²) in [7, 11) is 0. The summed E-state index contributed by atoms with van der Waals surface area (Å²) in [6.45, 7) is 3.96. The first-order valence-corrected chi connectivity index (χ1v) is 5.30. The van der Waals surface area contributed by atoms with Gasteiger partial charge in [-0.05, 0) is 36.5 Å². The molecule has 0 heterocycles. The SMILES string of the molecule is [CH2]Cc1ccccc1Cc1ccccc1. The van der Waals surface area contributed by atoms with Crippen LogP contribution in [0.2, 0.25) is 0 Å². The normalized spacial score (nSPS) is 10.2. The number of benzene rings is 2. The van der Waals surface area contributed by atoms with Crippen molar-refractivity contribution < 1.29 is 0 Å². The molecule has 0 spiro atoms. The Morgan fingerprint density at radius 3 is 2.00 bits per heavy atom. The molecule has 0 aliphatic heterocycles. The highest BCUT2D eigenvalue weighted by Gasteiger charge is 2.00. The fraction of sp³-hybridized carbons (Fsp3) is 0.133. The predicted molar refractivity (Wildman–Crippen MR) is 64.8 cm³/mol. The molecule has 0 saturated carbocycles. The standard InChI is InChI=1S/C15H15/c1-2-14-10-6-7-11-15(14)12-13-8-4-3-5-9-13/h3-11H,1-2,12H2. The molecule has 75 valence electrons. The Kier molecular flexibility index (Phi) is 3.18. The summed E-state index contributed by atoms with van der Waals surface area (Å²) in [5, 5.41) is 0. The van der Waals surface area contributed by atoms with Gasteiger partial charge in [0.15, 0.2) is 0 Å². The Labute approximate surface area is 91.6 Å². The van der Waals surface area contributed by atoms with Gasteiger partial charge in [0.25, 0.3) is 0 Å². The van der Waals surface area contributed by atoms with Crippen LogP contribution < -0.4 is 0 Å². The minimum Gasteiger partial charge on any atom is -0.0622 e. The van der Waals surface area contributed by atoms with E-state index in [2.05, 4.69) is 61.5 Å². The summed E-state index contributed by atoms with van der Waals surface area (Å²) in [6.07, 6.45) is 1.87. The molecule has 0 bridgehead atoms. The molecule has 1 radical (unpaired) electrons. The van der Waals surface area contributed by atoms with E-state index in [0.717, 1.165) is 12.8 Å². The van der Waals surface area contributed by atoms with Gasteiger partial charge in [-0.3, -0.25) is 0 Å². The van der Waals surface area contributed by atoms with E-state index in [0.29, 0.717) is 0 Å². The maximum absolute atomic E-state index is 3.96. The van der Waals surface area contributed by atoms with E-state index in [-0.39, 0.29) is 0 Å². The zero-order valence-corrected chi connectivity index (χ0v) is 8.82. The van der Waals surface area contributed by atoms with E-state index >= 15 is 0 Å². The van der Waals surface area contributed by atoms with Gasteiger partial charge >= 0.3 is 0 Å². The van der Waals surface area contributed by atoms with E-state index in [9.17, 15) is 0 Å². The molecule has 15 heavy (non-hydrogen) atoms. The maximum Gasteiger partial charge on any atom is -0.00230 e. The lowest BCUT2D eigenvalue weighted by atomic mass is 9.98. The van der Waals surface area contributed by atoms with Crippen LogP contribution in [-0.2, 0) is 12.8 Å². The van der Waals surface area contributed by atoms with Crippen LogP contribution in [-0.4, -0.2) is 0 Å². The van der Waals surface area contributed by atoms with E-state index in [1.165, 1.54) is 16.7 Å². The third kappa shape index (κ3) is 2.47. The van der Waals surface area contributed by atoms with Crippen LogP contribution in [0.4, 0.5) is 0 Å². The Morgan fingerprint density at radius 2 is 1.33 bits per heavy atom. The molecule has 2 aromatic rings. The summed E-state index contributed by atoms with van der Waals surface area (Å²) in [4.78, 5) is 0. The second kappa shape index (κ2) is 4.79. The van der Waals surface area contributed by atoms with Gasteiger partial charge in [-0.2, -0.15) is 0 Å². The number of hydrogen-bond donors (Lipinski definition) is 0. The average molecular weight is 195 g/mol. The van der Waals surface area contributed by atoms with Crippen molar-refractivity contribution in [3.05, 3.63) is 78.2 Å². The third-order valence-electron chi connectivity index (χ3n) is 2.63. The van der Waals surface area contributed by atoms with Crippen LogP contribution in [0.25, 0.3) is 0 Å². The molecule has 0 atom stereocenters. The lowest BCUT2D eigenvalue weighted by molar-refractivity contribution is 1.11.